The van der Waals surface area contributed by atoms with Gasteiger partial charge < -0.3 is 26.0 Å². The first-order chi connectivity index (χ1) is 41.1. The van der Waals surface area contributed by atoms with E-state index in [4.69, 9.17) is 9.90 Å². The van der Waals surface area contributed by atoms with Crippen LogP contribution in [0.1, 0.15) is 137 Å². The molecular weight excluding hydrogens is 1090 g/mol. The third kappa shape index (κ3) is 30.4. The molecule has 5 aromatic carbocycles. The smallest absolute Gasteiger partial charge is 0.379 e. The molecule has 0 radical (unpaired) electrons. The minimum atomic E-state index is -3.67. The largest absolute Gasteiger partial charge is 0.483 e. The van der Waals surface area contributed by atoms with Gasteiger partial charge in [0.25, 0.3) is 6.47 Å². The molecule has 4 N–H and O–H groups in total. The number of carboxylic acid groups (broad SMARTS) is 1. The molecule has 0 bridgehead atoms. The summed E-state index contributed by atoms with van der Waals surface area (Å²) >= 11 is 0. The molecule has 85 heavy (non-hydrogen) atoms. The number of alkyl halides is 3. The zero-order valence-electron chi connectivity index (χ0n) is 49.0. The van der Waals surface area contributed by atoms with Gasteiger partial charge in [-0.1, -0.05) is 172 Å². The second-order valence-corrected chi connectivity index (χ2v) is 20.2. The Kier molecular flexibility index (Phi) is 35.0. The van der Waals surface area contributed by atoms with Gasteiger partial charge in [-0.15, -0.1) is 0 Å². The number of hydrogen-bond donors (Lipinski definition) is 4. The van der Waals surface area contributed by atoms with E-state index >= 15 is 0 Å². The van der Waals surface area contributed by atoms with Crippen LogP contribution in [0.2, 0.25) is 0 Å². The number of nitriles is 1. The van der Waals surface area contributed by atoms with Gasteiger partial charge in [0.15, 0.2) is 0 Å². The number of para-hydroxylation sites is 1. The van der Waals surface area contributed by atoms with Crippen molar-refractivity contribution in [1.82, 2.24) is 10.3 Å². The van der Waals surface area contributed by atoms with Gasteiger partial charge in [-0.2, -0.15) is 18.4 Å². The van der Waals surface area contributed by atoms with Gasteiger partial charge in [0.1, 0.15) is 17.5 Å². The molecule has 1 aromatic heterocycles. The number of nitrogens with one attached hydrogen (secondary N) is 3. The lowest BCUT2D eigenvalue weighted by Crippen LogP contribution is -2.52. The van der Waals surface area contributed by atoms with Crippen molar-refractivity contribution < 1.29 is 46.2 Å². The standard InChI is InChI=1S/C33H44N4O2.C19H16F2N2O.C15H18.CHF3.CH2O2/c1-26-20-22-28(23-21-26)25-35-32(38)18-9-7-5-3-4-6-8-10-19-33(39)37-30-16-12-11-15-29(30)27(2)36-31-17-13-14-24-34-31;20-16-5-3-13(4-6-16)14(11-22)1-2-15-12-23(19(15)24)18-9-7-17(21)8-10-18;1-3-4-6-9-14(2)12-13-15-10-7-5-8-11-15;2-1(3)4;2-1-3/h11-17,20-24,27H,3-10,18-19,25H2,1-2H3,(H,34,36)(H,35,38)(H,37,39);3-10,14-15H,1-2,12H2;3-11H,1,12-13H2,2H3;1H;1H,(H,2,3)/b;;6-4-,14-9+;;. The normalized spacial score (nSPS) is 13.0. The quantitative estimate of drug-likeness (QED) is 0.0130. The summed E-state index contributed by atoms with van der Waals surface area (Å²) in [4.78, 5) is 51.1. The molecule has 3 amide bonds. The Morgan fingerprint density at radius 2 is 1.32 bits per heavy atom. The van der Waals surface area contributed by atoms with Crippen LogP contribution in [0.15, 0.2) is 188 Å². The molecule has 6 aromatic rings. The van der Waals surface area contributed by atoms with E-state index in [-0.39, 0.29) is 53.7 Å². The third-order valence-corrected chi connectivity index (χ3v) is 13.6. The Hall–Kier alpha value is -8.71. The van der Waals surface area contributed by atoms with Gasteiger partial charge in [-0.25, -0.2) is 13.8 Å². The molecule has 11 nitrogen and oxygen atoms in total. The number of carbonyl (C=O) groups is 4. The average molecular weight is 1170 g/mol. The van der Waals surface area contributed by atoms with Crippen LogP contribution < -0.4 is 20.9 Å². The number of nitrogens with zero attached hydrogens (tertiary/aromatic N) is 3. The maximum Gasteiger partial charge on any atom is 0.379 e. The molecule has 0 spiro atoms. The van der Waals surface area contributed by atoms with E-state index in [0.717, 1.165) is 79.6 Å². The first kappa shape index (κ1) is 70.6. The van der Waals surface area contributed by atoms with Crippen LogP contribution in [0.4, 0.5) is 39.1 Å². The highest BCUT2D eigenvalue weighted by Gasteiger charge is 2.37. The molecule has 1 saturated heterocycles. The van der Waals surface area contributed by atoms with Crippen molar-refractivity contribution in [2.75, 3.05) is 22.1 Å². The molecule has 3 unspecified atom stereocenters. The molecule has 452 valence electrons. The summed E-state index contributed by atoms with van der Waals surface area (Å²) in [5, 5.41) is 25.7. The highest BCUT2D eigenvalue weighted by Crippen LogP contribution is 2.32. The van der Waals surface area contributed by atoms with Gasteiger partial charge in [-0.3, -0.25) is 19.2 Å². The fraction of sp³-hybridized carbons (Fsp3) is 0.333. The molecule has 16 heteroatoms. The van der Waals surface area contributed by atoms with E-state index in [0.29, 0.717) is 44.5 Å². The summed E-state index contributed by atoms with van der Waals surface area (Å²) in [6, 6.07) is 46.5. The van der Waals surface area contributed by atoms with E-state index in [2.05, 4.69) is 115 Å². The van der Waals surface area contributed by atoms with Crippen molar-refractivity contribution in [3.8, 4) is 6.07 Å². The Morgan fingerprint density at radius 1 is 0.753 bits per heavy atom. The fourth-order valence-corrected chi connectivity index (χ4v) is 8.88. The Morgan fingerprint density at radius 3 is 1.89 bits per heavy atom. The summed E-state index contributed by atoms with van der Waals surface area (Å²) in [6.07, 6.45) is 22.9. The highest BCUT2D eigenvalue weighted by atomic mass is 19.4. The van der Waals surface area contributed by atoms with Crippen molar-refractivity contribution in [2.24, 2.45) is 5.92 Å². The van der Waals surface area contributed by atoms with E-state index < -0.39 is 6.68 Å². The molecule has 0 saturated carbocycles. The summed E-state index contributed by atoms with van der Waals surface area (Å²) in [7, 11) is 0. The van der Waals surface area contributed by atoms with Crippen molar-refractivity contribution in [3.05, 3.63) is 228 Å². The van der Waals surface area contributed by atoms with E-state index in [9.17, 15) is 41.6 Å². The number of amides is 3. The second-order valence-electron chi connectivity index (χ2n) is 20.2. The first-order valence-corrected chi connectivity index (χ1v) is 28.7. The number of anilines is 3. The van der Waals surface area contributed by atoms with Gasteiger partial charge >= 0.3 is 6.68 Å². The van der Waals surface area contributed by atoms with Crippen LogP contribution in [0.5, 0.6) is 0 Å². The van der Waals surface area contributed by atoms with Crippen LogP contribution in [0.25, 0.3) is 0 Å². The highest BCUT2D eigenvalue weighted by molar-refractivity contribution is 6.01. The molecule has 3 atom stereocenters. The van der Waals surface area contributed by atoms with Crippen molar-refractivity contribution in [2.45, 2.75) is 136 Å². The molecule has 0 aliphatic carbocycles. The molecule has 1 fully saturated rings. The lowest BCUT2D eigenvalue weighted by atomic mass is 9.87. The summed E-state index contributed by atoms with van der Waals surface area (Å²) in [6.45, 7) is 7.19. The number of carbonyl (C=O) groups excluding carboxylic acids is 3. The number of allylic oxidation sites excluding steroid dienone is 5. The van der Waals surface area contributed by atoms with Crippen LogP contribution in [-0.4, -0.2) is 47.5 Å². The van der Waals surface area contributed by atoms with E-state index in [1.807, 2.05) is 54.6 Å². The number of aromatic nitrogens is 1. The third-order valence-electron chi connectivity index (χ3n) is 13.6. The monoisotopic (exact) mass is 1170 g/mol. The lowest BCUT2D eigenvalue weighted by Gasteiger charge is -2.38. The van der Waals surface area contributed by atoms with Crippen molar-refractivity contribution in [1.29, 1.82) is 5.26 Å². The summed E-state index contributed by atoms with van der Waals surface area (Å²) in [5.41, 5.74) is 8.51. The van der Waals surface area contributed by atoms with Gasteiger partial charge in [0.2, 0.25) is 17.7 Å². The molecule has 7 rings (SSSR count). The minimum absolute atomic E-state index is 0.00240. The summed E-state index contributed by atoms with van der Waals surface area (Å²) in [5.74, 6) is -0.130. The SMILES string of the molecule is C=C/C=C\C=C(/C)CCc1ccccc1.Cc1ccc(CNC(=O)CCCCCCCCCCC(=O)Nc2ccccc2C(C)Nc2ccccn2)cc1.FC(F)F.N#CC(CCC1CN(c2ccc(F)cc2)C1=O)c1ccc(F)cc1.O=CO. The van der Waals surface area contributed by atoms with Crippen molar-refractivity contribution >= 4 is 41.4 Å². The molecule has 1 aliphatic rings. The number of aryl methyl sites for hydroxylation is 2. The molecular formula is C69H81F5N6O5. The zero-order chi connectivity index (χ0) is 62.0. The minimum Gasteiger partial charge on any atom is -0.483 e. The maximum atomic E-state index is 13.0. The van der Waals surface area contributed by atoms with Crippen LogP contribution in [0.3, 0.4) is 0 Å². The van der Waals surface area contributed by atoms with Gasteiger partial charge in [0.05, 0.1) is 23.9 Å². The van der Waals surface area contributed by atoms with Crippen LogP contribution in [-0.2, 0) is 32.1 Å². The molecule has 1 aliphatic heterocycles. The van der Waals surface area contributed by atoms with Crippen LogP contribution >= 0.6 is 0 Å². The van der Waals surface area contributed by atoms with E-state index in [1.54, 1.807) is 41.4 Å². The number of rotatable bonds is 27. The maximum absolute atomic E-state index is 13.0. The number of β-lactam (4-membered cyclic amide) rings is 1. The van der Waals surface area contributed by atoms with Gasteiger partial charge in [0, 0.05) is 43.5 Å². The molecule has 2 heterocycles. The Balaban J connectivity index is 0.000000347. The summed E-state index contributed by atoms with van der Waals surface area (Å²) < 4.78 is 54.9. The van der Waals surface area contributed by atoms with E-state index in [1.165, 1.54) is 53.8 Å². The number of benzene rings is 5. The lowest BCUT2D eigenvalue weighted by molar-refractivity contribution is -0.127. The topological polar surface area (TPSA) is 165 Å². The number of unbranched alkanes of at least 4 members (excludes halogenated alkanes) is 7. The number of hydrogen-bond acceptors (Lipinski definition) is 7. The zero-order valence-corrected chi connectivity index (χ0v) is 49.0. The van der Waals surface area contributed by atoms with Crippen molar-refractivity contribution in [3.63, 3.8) is 0 Å². The predicted octanol–water partition coefficient (Wildman–Crippen LogP) is 16.9. The average Bonchev–Trinajstić information content (AvgIpc) is 2.71. The second kappa shape index (κ2) is 42.1. The van der Waals surface area contributed by atoms with Gasteiger partial charge in [-0.05, 0) is 136 Å². The Bertz CT molecular complexity index is 2960. The Labute approximate surface area is 498 Å². The predicted molar refractivity (Wildman–Crippen MR) is 330 cm³/mol. The number of pyridine rings is 1. The number of halogens is 5. The first-order valence-electron chi connectivity index (χ1n) is 28.7. The fourth-order valence-electron chi connectivity index (χ4n) is 8.88. The van der Waals surface area contributed by atoms with Crippen LogP contribution in [0, 0.1) is 35.8 Å².